The normalized spacial score (nSPS) is 12.3. The van der Waals surface area contributed by atoms with E-state index >= 15 is 0 Å². The standard InChI is InChI=1S/C22H18F3N3OS/c23-22(24,25)29-20-12-10-19(11-13-20)18-8-6-16(7-9-18)14-27-28-21(26)30-15-17-4-2-1-3-5-17/h1-14H,15H2,(H2,26,28). The summed E-state index contributed by atoms with van der Waals surface area (Å²) in [6.45, 7) is 0. The number of rotatable bonds is 6. The summed E-state index contributed by atoms with van der Waals surface area (Å²) in [6, 6.07) is 23.0. The molecule has 0 aliphatic heterocycles. The van der Waals surface area contributed by atoms with Gasteiger partial charge in [-0.3, -0.25) is 0 Å². The van der Waals surface area contributed by atoms with Gasteiger partial charge in [0.05, 0.1) is 6.21 Å². The SMILES string of the molecule is NC(=NN=Cc1ccc(-c2ccc(OC(F)(F)F)cc2)cc1)SCc1ccccc1. The Balaban J connectivity index is 1.56. The number of ether oxygens (including phenoxy) is 1. The fourth-order valence-corrected chi connectivity index (χ4v) is 3.14. The van der Waals surface area contributed by atoms with Crippen molar-refractivity contribution >= 4 is 23.1 Å². The molecule has 0 aliphatic carbocycles. The maximum atomic E-state index is 12.2. The Morgan fingerprint density at radius 1 is 0.900 bits per heavy atom. The van der Waals surface area contributed by atoms with Crippen molar-refractivity contribution in [3.8, 4) is 16.9 Å². The van der Waals surface area contributed by atoms with Crippen LogP contribution in [0.25, 0.3) is 11.1 Å². The number of amidine groups is 1. The first-order valence-corrected chi connectivity index (χ1v) is 9.87. The lowest BCUT2D eigenvalue weighted by molar-refractivity contribution is -0.274. The average Bonchev–Trinajstić information content (AvgIpc) is 2.73. The Bertz CT molecular complexity index is 1000. The molecule has 0 fully saturated rings. The van der Waals surface area contributed by atoms with E-state index in [9.17, 15) is 13.2 Å². The number of hydrogen-bond acceptors (Lipinski definition) is 4. The van der Waals surface area contributed by atoms with Crippen molar-refractivity contribution in [2.24, 2.45) is 15.9 Å². The van der Waals surface area contributed by atoms with E-state index < -0.39 is 6.36 Å². The molecule has 4 nitrogen and oxygen atoms in total. The van der Waals surface area contributed by atoms with Crippen LogP contribution >= 0.6 is 11.8 Å². The summed E-state index contributed by atoms with van der Waals surface area (Å²) in [6.07, 6.45) is -3.12. The Morgan fingerprint density at radius 3 is 2.10 bits per heavy atom. The van der Waals surface area contributed by atoms with E-state index in [1.165, 1.54) is 23.9 Å². The molecule has 8 heteroatoms. The molecule has 0 bridgehead atoms. The maximum Gasteiger partial charge on any atom is 0.573 e. The first kappa shape index (κ1) is 21.4. The fraction of sp³-hybridized carbons (Fsp3) is 0.0909. The third-order valence-corrected chi connectivity index (χ3v) is 4.78. The second kappa shape index (κ2) is 9.98. The van der Waals surface area contributed by atoms with Crippen LogP contribution in [0.4, 0.5) is 13.2 Å². The van der Waals surface area contributed by atoms with E-state index in [-0.39, 0.29) is 5.75 Å². The van der Waals surface area contributed by atoms with Gasteiger partial charge in [0.2, 0.25) is 0 Å². The van der Waals surface area contributed by atoms with Gasteiger partial charge < -0.3 is 10.5 Å². The molecule has 0 amide bonds. The van der Waals surface area contributed by atoms with E-state index in [0.717, 1.165) is 22.3 Å². The van der Waals surface area contributed by atoms with Gasteiger partial charge in [0, 0.05) is 5.75 Å². The molecule has 0 aromatic heterocycles. The first-order chi connectivity index (χ1) is 14.4. The Morgan fingerprint density at radius 2 is 1.50 bits per heavy atom. The highest BCUT2D eigenvalue weighted by Gasteiger charge is 2.30. The molecule has 3 aromatic rings. The van der Waals surface area contributed by atoms with Gasteiger partial charge in [-0.15, -0.1) is 18.3 Å². The lowest BCUT2D eigenvalue weighted by Crippen LogP contribution is -2.16. The fourth-order valence-electron chi connectivity index (χ4n) is 2.52. The molecule has 0 spiro atoms. The van der Waals surface area contributed by atoms with Crippen molar-refractivity contribution in [2.75, 3.05) is 0 Å². The summed E-state index contributed by atoms with van der Waals surface area (Å²) in [5.74, 6) is 0.461. The van der Waals surface area contributed by atoms with Crippen molar-refractivity contribution in [1.82, 2.24) is 0 Å². The van der Waals surface area contributed by atoms with Crippen molar-refractivity contribution in [1.29, 1.82) is 0 Å². The molecular weight excluding hydrogens is 411 g/mol. The summed E-state index contributed by atoms with van der Waals surface area (Å²) in [5.41, 5.74) is 9.45. The zero-order valence-corrected chi connectivity index (χ0v) is 16.5. The summed E-state index contributed by atoms with van der Waals surface area (Å²) in [4.78, 5) is 0. The highest BCUT2D eigenvalue weighted by molar-refractivity contribution is 8.13. The Labute approximate surface area is 176 Å². The van der Waals surface area contributed by atoms with Crippen LogP contribution in [-0.2, 0) is 5.75 Å². The predicted octanol–water partition coefficient (Wildman–Crippen LogP) is 5.83. The molecule has 0 heterocycles. The minimum atomic E-state index is -4.70. The number of benzene rings is 3. The van der Waals surface area contributed by atoms with Crippen molar-refractivity contribution < 1.29 is 17.9 Å². The highest BCUT2D eigenvalue weighted by Crippen LogP contribution is 2.26. The average molecular weight is 429 g/mol. The van der Waals surface area contributed by atoms with Crippen LogP contribution in [0.1, 0.15) is 11.1 Å². The predicted molar refractivity (Wildman–Crippen MR) is 116 cm³/mol. The molecular formula is C22H18F3N3OS. The lowest BCUT2D eigenvalue weighted by atomic mass is 10.0. The molecule has 2 N–H and O–H groups in total. The lowest BCUT2D eigenvalue weighted by Gasteiger charge is -2.09. The van der Waals surface area contributed by atoms with Crippen molar-refractivity contribution in [2.45, 2.75) is 12.1 Å². The maximum absolute atomic E-state index is 12.2. The van der Waals surface area contributed by atoms with Gasteiger partial charge in [-0.1, -0.05) is 78.5 Å². The van der Waals surface area contributed by atoms with Gasteiger partial charge in [0.15, 0.2) is 5.17 Å². The molecule has 3 rings (SSSR count). The molecule has 0 radical (unpaired) electrons. The van der Waals surface area contributed by atoms with E-state index in [2.05, 4.69) is 14.9 Å². The molecule has 0 atom stereocenters. The third-order valence-electron chi connectivity index (χ3n) is 3.92. The van der Waals surface area contributed by atoms with Crippen LogP contribution in [0, 0.1) is 0 Å². The smallest absolute Gasteiger partial charge is 0.406 e. The topological polar surface area (TPSA) is 60.0 Å². The summed E-state index contributed by atoms with van der Waals surface area (Å²) in [7, 11) is 0. The van der Waals surface area contributed by atoms with Gasteiger partial charge in [0.1, 0.15) is 5.75 Å². The molecule has 0 aliphatic rings. The molecule has 3 aromatic carbocycles. The van der Waals surface area contributed by atoms with E-state index in [4.69, 9.17) is 5.73 Å². The minimum absolute atomic E-state index is 0.254. The van der Waals surface area contributed by atoms with Crippen LogP contribution < -0.4 is 10.5 Å². The monoisotopic (exact) mass is 429 g/mol. The number of alkyl halides is 3. The van der Waals surface area contributed by atoms with Crippen LogP contribution in [0.5, 0.6) is 5.75 Å². The number of thioether (sulfide) groups is 1. The summed E-state index contributed by atoms with van der Waals surface area (Å²) >= 11 is 1.40. The van der Waals surface area contributed by atoms with E-state index in [1.54, 1.807) is 18.3 Å². The van der Waals surface area contributed by atoms with Gasteiger partial charge in [0.25, 0.3) is 0 Å². The zero-order chi connectivity index (χ0) is 21.4. The first-order valence-electron chi connectivity index (χ1n) is 8.88. The van der Waals surface area contributed by atoms with E-state index in [0.29, 0.717) is 10.9 Å². The molecule has 0 unspecified atom stereocenters. The highest BCUT2D eigenvalue weighted by atomic mass is 32.2. The minimum Gasteiger partial charge on any atom is -0.406 e. The van der Waals surface area contributed by atoms with Crippen LogP contribution in [0.2, 0.25) is 0 Å². The zero-order valence-electron chi connectivity index (χ0n) is 15.7. The van der Waals surface area contributed by atoms with Gasteiger partial charge >= 0.3 is 6.36 Å². The Kier molecular flexibility index (Phi) is 7.13. The van der Waals surface area contributed by atoms with Gasteiger partial charge in [-0.2, -0.15) is 5.10 Å². The van der Waals surface area contributed by atoms with Gasteiger partial charge in [-0.25, -0.2) is 0 Å². The molecule has 30 heavy (non-hydrogen) atoms. The molecule has 0 saturated heterocycles. The number of nitrogens with two attached hydrogens (primary N) is 1. The largest absolute Gasteiger partial charge is 0.573 e. The van der Waals surface area contributed by atoms with Crippen molar-refractivity contribution in [3.63, 3.8) is 0 Å². The van der Waals surface area contributed by atoms with Crippen LogP contribution in [0.3, 0.4) is 0 Å². The van der Waals surface area contributed by atoms with Crippen LogP contribution in [0.15, 0.2) is 89.1 Å². The third kappa shape index (κ3) is 6.97. The summed E-state index contributed by atoms with van der Waals surface area (Å²) < 4.78 is 40.6. The molecule has 154 valence electrons. The second-order valence-electron chi connectivity index (χ2n) is 6.15. The van der Waals surface area contributed by atoms with Crippen LogP contribution in [-0.4, -0.2) is 17.7 Å². The van der Waals surface area contributed by atoms with Gasteiger partial charge in [-0.05, 0) is 34.4 Å². The number of hydrogen-bond donors (Lipinski definition) is 1. The Hall–Kier alpha value is -3.26. The van der Waals surface area contributed by atoms with Crippen molar-refractivity contribution in [3.05, 3.63) is 90.0 Å². The number of nitrogens with zero attached hydrogens (tertiary/aromatic N) is 2. The molecule has 0 saturated carbocycles. The quantitative estimate of drug-likeness (QED) is 0.304. The second-order valence-corrected chi connectivity index (χ2v) is 7.15. The summed E-state index contributed by atoms with van der Waals surface area (Å²) in [5, 5.41) is 8.34. The van der Waals surface area contributed by atoms with E-state index in [1.807, 2.05) is 54.6 Å². The number of halogens is 3.